The number of hydrogen-bond donors (Lipinski definition) is 5. The number of methoxy groups -OCH3 is 2. The fraction of sp³-hybridized carbons (Fsp3) is 0.761. The molecule has 0 saturated carbocycles. The number of aromatic amines is 1. The highest BCUT2D eigenvalue weighted by molar-refractivity contribution is 5.93. The Balaban J connectivity index is 1.50. The second-order valence-electron chi connectivity index (χ2n) is 27.4. The summed E-state index contributed by atoms with van der Waals surface area (Å²) in [6, 6.07) is 10.1. The molecule has 4 saturated heterocycles. The van der Waals surface area contributed by atoms with Crippen LogP contribution in [0.25, 0.3) is 0 Å². The van der Waals surface area contributed by atoms with E-state index in [4.69, 9.17) is 56.9 Å². The van der Waals surface area contributed by atoms with Gasteiger partial charge in [-0.2, -0.15) is 0 Å². The molecule has 1 aromatic heterocycles. The Labute approximate surface area is 547 Å². The van der Waals surface area contributed by atoms with Crippen LogP contribution in [-0.2, 0) is 77.7 Å². The first kappa shape index (κ1) is 76.5. The van der Waals surface area contributed by atoms with Crippen LogP contribution in [0.1, 0.15) is 146 Å². The summed E-state index contributed by atoms with van der Waals surface area (Å²) in [7, 11) is 4.24. The molecule has 2 amide bonds. The standard InChI is InChI=1S/C67H106N6O20/c1-35(2)26-50(75)89-56-42(9)55(37(4)33-85-64-59(83-17)58(82-16)52(76)45(12)88-64)91-62(80)44(11)57(90-51-27-38(5)73(32-40(7)86-51)25-24-46-22-20-19-21-23-46)41(8)54(92-63-53(77)47(72-84-18)28-39(6)87-63)36(3)29-67(15,60(78)43(56)10)93-65(81)71-66(13,14)34-70-61(79)48-30-69-49(74)31-68-48/h19-23,30-31,35-45,51-59,63-64,76-77H,24-29,32-34H2,1-18H3,(H,69,74)(H,70,79)(H,71,81)/b72-47+/t36-,37?,38-,39+,40-,41+,42-,43+,44+,45+,51-,52+,53+,54-,55+,56+,57-,58+,59+,63-,64+,67-/m0/s1. The molecule has 22 atom stereocenters. The number of hydrogen-bond acceptors (Lipinski definition) is 23. The van der Waals surface area contributed by atoms with Crippen LogP contribution in [-0.4, -0.2) is 211 Å². The van der Waals surface area contributed by atoms with Gasteiger partial charge in [0, 0.05) is 83.1 Å². The van der Waals surface area contributed by atoms with Gasteiger partial charge in [0.1, 0.15) is 49.4 Å². The summed E-state index contributed by atoms with van der Waals surface area (Å²) in [5, 5.41) is 32.7. The van der Waals surface area contributed by atoms with Crippen LogP contribution in [0.3, 0.4) is 0 Å². The van der Waals surface area contributed by atoms with E-state index in [-0.39, 0.29) is 61.9 Å². The Kier molecular flexibility index (Phi) is 28.3. The molecule has 0 bridgehead atoms. The number of amides is 2. The number of aromatic nitrogens is 2. The number of aliphatic hydroxyl groups is 2. The van der Waals surface area contributed by atoms with Crippen LogP contribution < -0.4 is 16.2 Å². The van der Waals surface area contributed by atoms with Crippen LogP contribution in [0.4, 0.5) is 4.79 Å². The second-order valence-corrected chi connectivity index (χ2v) is 27.4. The lowest BCUT2D eigenvalue weighted by atomic mass is 9.74. The first-order valence-corrected chi connectivity index (χ1v) is 32.8. The van der Waals surface area contributed by atoms with Crippen molar-refractivity contribution in [3.05, 3.63) is 64.3 Å². The molecule has 1 unspecified atom stereocenters. The number of Topliss-reactive ketones (excluding diaryl/α,β-unsaturated/α-hetero) is 1. The van der Waals surface area contributed by atoms with Crippen molar-refractivity contribution in [3.8, 4) is 0 Å². The van der Waals surface area contributed by atoms with Crippen molar-refractivity contribution in [2.75, 3.05) is 47.6 Å². The van der Waals surface area contributed by atoms with Crippen molar-refractivity contribution < 1.29 is 91.1 Å². The highest BCUT2D eigenvalue weighted by atomic mass is 16.7. The third-order valence-electron chi connectivity index (χ3n) is 18.3. The molecule has 5 heterocycles. The molecule has 5 N–H and O–H groups in total. The number of nitrogens with zero attached hydrogens (tertiary/aromatic N) is 3. The number of alkyl carbamates (subject to hydrolysis) is 1. The van der Waals surface area contributed by atoms with Crippen LogP contribution in [0, 0.1) is 41.4 Å². The molecule has 26 heteroatoms. The lowest BCUT2D eigenvalue weighted by molar-refractivity contribution is -0.305. The molecular weight excluding hydrogens is 1210 g/mol. The largest absolute Gasteiger partial charge is 0.461 e. The van der Waals surface area contributed by atoms with Gasteiger partial charge in [-0.05, 0) is 85.6 Å². The van der Waals surface area contributed by atoms with Crippen molar-refractivity contribution in [2.45, 2.75) is 239 Å². The van der Waals surface area contributed by atoms with Crippen LogP contribution in [0.5, 0.6) is 0 Å². The summed E-state index contributed by atoms with van der Waals surface area (Å²) in [6.07, 6.45) is -12.0. The van der Waals surface area contributed by atoms with E-state index < -0.39 is 162 Å². The summed E-state index contributed by atoms with van der Waals surface area (Å²) in [4.78, 5) is 99.5. The normalized spacial score (nSPS) is 35.4. The zero-order valence-electron chi connectivity index (χ0n) is 57.7. The predicted octanol–water partition coefficient (Wildman–Crippen LogP) is 5.91. The van der Waals surface area contributed by atoms with Crippen LogP contribution >= 0.6 is 0 Å². The quantitative estimate of drug-likeness (QED) is 0.0519. The minimum Gasteiger partial charge on any atom is -0.461 e. The second kappa shape index (κ2) is 34.4. The SMILES string of the molecule is CO/N=C1\C[C@@H](C)O[C@@H](O[C@@H]2[C@@H](C)[C@H](O[C@H]3C[C@H](C)N(CCc4ccccc4)C[C@H](C)O3)[C@@H](C)C(=O)O[C@H](C(C)CO[C@@H]3O[C@H](C)[C@@H](O)[C@@H](OC)[C@H]3OC)[C@H](C)[C@@H](OC(=O)CC(C)C)[C@@H](C)C(=O)[C@@](C)(OC(=O)NC(C)(C)CNC(=O)c3c[nH]c(=O)cn3)C[C@@H]2C)[C@@H]1O. The molecule has 0 aliphatic carbocycles. The number of esters is 2. The number of cyclic esters (lactones) is 1. The third kappa shape index (κ3) is 20.7. The van der Waals surface area contributed by atoms with Gasteiger partial charge in [0.2, 0.25) is 0 Å². The van der Waals surface area contributed by atoms with Gasteiger partial charge >= 0.3 is 18.0 Å². The van der Waals surface area contributed by atoms with Crippen molar-refractivity contribution in [1.29, 1.82) is 0 Å². The Morgan fingerprint density at radius 3 is 2.17 bits per heavy atom. The first-order valence-electron chi connectivity index (χ1n) is 32.8. The zero-order valence-corrected chi connectivity index (χ0v) is 57.7. The number of oxime groups is 1. The molecule has 0 spiro atoms. The van der Waals surface area contributed by atoms with Gasteiger partial charge < -0.3 is 82.8 Å². The number of ketones is 1. The maximum Gasteiger partial charge on any atom is 0.408 e. The number of ether oxygens (including phenoxy) is 11. The van der Waals surface area contributed by atoms with Crippen LogP contribution in [0.15, 0.2) is 52.7 Å². The lowest BCUT2D eigenvalue weighted by Crippen LogP contribution is -2.59. The van der Waals surface area contributed by atoms with Gasteiger partial charge in [0.05, 0.1) is 66.4 Å². The molecule has 1 aromatic carbocycles. The smallest absolute Gasteiger partial charge is 0.408 e. The Morgan fingerprint density at radius 2 is 1.54 bits per heavy atom. The van der Waals surface area contributed by atoms with Crippen molar-refractivity contribution in [3.63, 3.8) is 0 Å². The van der Waals surface area contributed by atoms with Gasteiger partial charge in [0.25, 0.3) is 11.5 Å². The highest BCUT2D eigenvalue weighted by Gasteiger charge is 2.53. The summed E-state index contributed by atoms with van der Waals surface area (Å²) >= 11 is 0. The molecule has 2 aromatic rings. The average Bonchev–Trinajstić information content (AvgIpc) is 0.960. The number of carbonyl (C=O) groups excluding carboxylic acids is 5. The summed E-state index contributed by atoms with van der Waals surface area (Å²) in [5.41, 5.74) is -2.52. The predicted molar refractivity (Wildman–Crippen MR) is 340 cm³/mol. The molecular formula is C67H106N6O20. The van der Waals surface area contributed by atoms with Crippen molar-refractivity contribution >= 4 is 35.4 Å². The maximum atomic E-state index is 16.2. The third-order valence-corrected chi connectivity index (χ3v) is 18.3. The summed E-state index contributed by atoms with van der Waals surface area (Å²) in [6.45, 7) is 27.3. The van der Waals surface area contributed by atoms with Gasteiger partial charge in [0.15, 0.2) is 30.3 Å². The highest BCUT2D eigenvalue weighted by Crippen LogP contribution is 2.41. The number of rotatable bonds is 22. The molecule has 4 aliphatic rings. The van der Waals surface area contributed by atoms with E-state index in [9.17, 15) is 29.4 Å². The fourth-order valence-electron chi connectivity index (χ4n) is 13.3. The minimum atomic E-state index is -2.12. The van der Waals surface area contributed by atoms with Crippen molar-refractivity contribution in [1.82, 2.24) is 25.5 Å². The molecule has 93 heavy (non-hydrogen) atoms. The van der Waals surface area contributed by atoms with E-state index in [1.807, 2.05) is 45.9 Å². The molecule has 0 radical (unpaired) electrons. The molecule has 524 valence electrons. The minimum absolute atomic E-state index is 0.0464. The maximum absolute atomic E-state index is 16.2. The fourth-order valence-corrected chi connectivity index (χ4v) is 13.3. The van der Waals surface area contributed by atoms with Crippen LogP contribution in [0.2, 0.25) is 0 Å². The molecule has 26 nitrogen and oxygen atoms in total. The lowest BCUT2D eigenvalue weighted by Gasteiger charge is -2.45. The van der Waals surface area contributed by atoms with E-state index >= 15 is 9.59 Å². The summed E-state index contributed by atoms with van der Waals surface area (Å²) < 4.78 is 71.3. The van der Waals surface area contributed by atoms with Gasteiger partial charge in [-0.25, -0.2) is 9.78 Å². The number of benzene rings is 1. The summed E-state index contributed by atoms with van der Waals surface area (Å²) in [5.74, 6) is -8.82. The molecule has 6 rings (SSSR count). The Morgan fingerprint density at radius 1 is 0.849 bits per heavy atom. The number of H-pyrrole nitrogens is 1. The van der Waals surface area contributed by atoms with E-state index in [0.29, 0.717) is 13.0 Å². The molecule has 4 fully saturated rings. The number of nitrogens with one attached hydrogen (secondary N) is 3. The van der Waals surface area contributed by atoms with Gasteiger partial charge in [-0.1, -0.05) is 84.0 Å². The van der Waals surface area contributed by atoms with E-state index in [1.54, 1.807) is 62.3 Å². The Hall–Kier alpha value is -5.52. The van der Waals surface area contributed by atoms with Gasteiger partial charge in [-0.3, -0.25) is 28.9 Å². The number of carbonyl (C=O) groups is 5. The van der Waals surface area contributed by atoms with E-state index in [0.717, 1.165) is 25.4 Å². The number of aliphatic hydroxyl groups excluding tert-OH is 2. The van der Waals surface area contributed by atoms with E-state index in [1.165, 1.54) is 33.8 Å². The van der Waals surface area contributed by atoms with E-state index in [2.05, 4.69) is 49.7 Å². The monoisotopic (exact) mass is 1310 g/mol. The van der Waals surface area contributed by atoms with Gasteiger partial charge in [-0.15, -0.1) is 0 Å². The Bertz CT molecular complexity index is 2810. The van der Waals surface area contributed by atoms with Crippen molar-refractivity contribution in [2.24, 2.45) is 46.6 Å². The average molecular weight is 1320 g/mol. The topological polar surface area (TPSA) is 322 Å². The first-order chi connectivity index (χ1) is 43.8. The molecule has 4 aliphatic heterocycles. The zero-order chi connectivity index (χ0) is 68.8.